The number of hydrogen-bond acceptors (Lipinski definition) is 4. The molecule has 0 radical (unpaired) electrons. The lowest BCUT2D eigenvalue weighted by atomic mass is 9.86. The molecule has 3 N–H and O–H groups in total. The summed E-state index contributed by atoms with van der Waals surface area (Å²) in [5.74, 6) is -0.845. The summed E-state index contributed by atoms with van der Waals surface area (Å²) in [7, 11) is 1.61. The second-order valence-electron chi connectivity index (χ2n) is 3.78. The topological polar surface area (TPSA) is 81.8 Å². The molecular formula is C10H21NO4. The van der Waals surface area contributed by atoms with E-state index >= 15 is 0 Å². The maximum atomic E-state index is 10.9. The number of rotatable bonds is 9. The van der Waals surface area contributed by atoms with E-state index in [0.717, 1.165) is 0 Å². The van der Waals surface area contributed by atoms with Crippen LogP contribution in [-0.4, -0.2) is 44.6 Å². The second-order valence-corrected chi connectivity index (χ2v) is 3.78. The zero-order valence-corrected chi connectivity index (χ0v) is 9.49. The largest absolute Gasteiger partial charge is 0.481 e. The van der Waals surface area contributed by atoms with E-state index in [1.807, 2.05) is 0 Å². The molecule has 90 valence electrons. The molecule has 0 aromatic heterocycles. The Kier molecular flexibility index (Phi) is 7.29. The third-order valence-electron chi connectivity index (χ3n) is 2.42. The summed E-state index contributed by atoms with van der Waals surface area (Å²) in [4.78, 5) is 10.9. The third kappa shape index (κ3) is 5.71. The van der Waals surface area contributed by atoms with E-state index in [1.54, 1.807) is 14.0 Å². The van der Waals surface area contributed by atoms with Gasteiger partial charge in [-0.15, -0.1) is 0 Å². The van der Waals surface area contributed by atoms with Crippen LogP contribution >= 0.6 is 0 Å². The van der Waals surface area contributed by atoms with Gasteiger partial charge in [-0.3, -0.25) is 4.79 Å². The summed E-state index contributed by atoms with van der Waals surface area (Å²) in [6.45, 7) is 3.47. The van der Waals surface area contributed by atoms with Crippen LogP contribution in [0.2, 0.25) is 0 Å². The molecular weight excluding hydrogens is 198 g/mol. The van der Waals surface area contributed by atoms with Gasteiger partial charge < -0.3 is 20.3 Å². The van der Waals surface area contributed by atoms with Crippen molar-refractivity contribution in [1.82, 2.24) is 0 Å². The number of ether oxygens (including phenoxy) is 2. The zero-order valence-electron chi connectivity index (χ0n) is 9.49. The quantitative estimate of drug-likeness (QED) is 0.551. The summed E-state index contributed by atoms with van der Waals surface area (Å²) >= 11 is 0. The van der Waals surface area contributed by atoms with Gasteiger partial charge in [0.05, 0.1) is 18.6 Å². The van der Waals surface area contributed by atoms with Gasteiger partial charge in [-0.1, -0.05) is 0 Å². The fourth-order valence-corrected chi connectivity index (χ4v) is 1.11. The molecule has 0 aromatic rings. The lowest BCUT2D eigenvalue weighted by molar-refractivity contribution is -0.147. The van der Waals surface area contributed by atoms with E-state index in [9.17, 15) is 4.79 Å². The van der Waals surface area contributed by atoms with Crippen molar-refractivity contribution in [2.45, 2.75) is 19.8 Å². The molecule has 0 amide bonds. The summed E-state index contributed by atoms with van der Waals surface area (Å²) in [6, 6.07) is 0. The molecule has 0 aliphatic heterocycles. The van der Waals surface area contributed by atoms with Gasteiger partial charge in [-0.05, 0) is 19.8 Å². The molecule has 0 saturated carbocycles. The van der Waals surface area contributed by atoms with Crippen LogP contribution in [0.4, 0.5) is 0 Å². The van der Waals surface area contributed by atoms with Crippen LogP contribution in [-0.2, 0) is 14.3 Å². The Bertz CT molecular complexity index is 186. The van der Waals surface area contributed by atoms with Crippen molar-refractivity contribution in [1.29, 1.82) is 0 Å². The van der Waals surface area contributed by atoms with Gasteiger partial charge in [-0.2, -0.15) is 0 Å². The number of methoxy groups -OCH3 is 1. The Balaban J connectivity index is 3.60. The highest BCUT2D eigenvalue weighted by Gasteiger charge is 2.30. The fourth-order valence-electron chi connectivity index (χ4n) is 1.11. The minimum Gasteiger partial charge on any atom is -0.481 e. The number of carboxylic acid groups (broad SMARTS) is 1. The minimum atomic E-state index is -0.845. The maximum Gasteiger partial charge on any atom is 0.310 e. The van der Waals surface area contributed by atoms with E-state index in [1.165, 1.54) is 0 Å². The third-order valence-corrected chi connectivity index (χ3v) is 2.42. The molecule has 0 fully saturated rings. The molecule has 0 bridgehead atoms. The number of hydrogen-bond donors (Lipinski definition) is 2. The molecule has 0 spiro atoms. The summed E-state index contributed by atoms with van der Waals surface area (Å²) in [6.07, 6.45) is 1.23. The number of carboxylic acids is 1. The van der Waals surface area contributed by atoms with E-state index in [2.05, 4.69) is 0 Å². The molecule has 5 heteroatoms. The standard InChI is InChI=1S/C10H21NO4/c1-10(8-11,9(12)13)4-3-5-15-7-6-14-2/h3-8,11H2,1-2H3,(H,12,13). The van der Waals surface area contributed by atoms with Crippen LogP contribution in [0.15, 0.2) is 0 Å². The van der Waals surface area contributed by atoms with Crippen molar-refractivity contribution >= 4 is 5.97 Å². The average Bonchev–Trinajstić information content (AvgIpc) is 2.22. The van der Waals surface area contributed by atoms with Crippen molar-refractivity contribution in [3.8, 4) is 0 Å². The lowest BCUT2D eigenvalue weighted by Gasteiger charge is -2.22. The molecule has 0 heterocycles. The second kappa shape index (κ2) is 7.62. The van der Waals surface area contributed by atoms with Crippen LogP contribution in [0.25, 0.3) is 0 Å². The number of carbonyl (C=O) groups is 1. The first-order valence-electron chi connectivity index (χ1n) is 5.07. The van der Waals surface area contributed by atoms with Gasteiger partial charge in [0.15, 0.2) is 0 Å². The molecule has 5 nitrogen and oxygen atoms in total. The van der Waals surface area contributed by atoms with Gasteiger partial charge in [0.2, 0.25) is 0 Å². The van der Waals surface area contributed by atoms with Crippen LogP contribution in [0.5, 0.6) is 0 Å². The highest BCUT2D eigenvalue weighted by molar-refractivity contribution is 5.74. The lowest BCUT2D eigenvalue weighted by Crippen LogP contribution is -2.35. The Hall–Kier alpha value is -0.650. The monoisotopic (exact) mass is 219 g/mol. The molecule has 1 atom stereocenters. The predicted molar refractivity (Wildman–Crippen MR) is 56.7 cm³/mol. The molecule has 0 saturated heterocycles. The van der Waals surface area contributed by atoms with Crippen molar-refractivity contribution < 1.29 is 19.4 Å². The SMILES string of the molecule is COCCOCCCC(C)(CN)C(=O)O. The van der Waals surface area contributed by atoms with Gasteiger partial charge in [0.1, 0.15) is 0 Å². The highest BCUT2D eigenvalue weighted by atomic mass is 16.5. The number of nitrogens with two attached hydrogens (primary N) is 1. The van der Waals surface area contributed by atoms with E-state index in [0.29, 0.717) is 32.7 Å². The molecule has 15 heavy (non-hydrogen) atoms. The first-order chi connectivity index (χ1) is 7.06. The first kappa shape index (κ1) is 14.3. The fraction of sp³-hybridized carbons (Fsp3) is 0.900. The van der Waals surface area contributed by atoms with Gasteiger partial charge >= 0.3 is 5.97 Å². The van der Waals surface area contributed by atoms with Gasteiger partial charge in [-0.25, -0.2) is 0 Å². The predicted octanol–water partition coefficient (Wildman–Crippen LogP) is 0.479. The van der Waals surface area contributed by atoms with E-state index in [-0.39, 0.29) is 6.54 Å². The van der Waals surface area contributed by atoms with Crippen molar-refractivity contribution in [3.05, 3.63) is 0 Å². The molecule has 0 aromatic carbocycles. The van der Waals surface area contributed by atoms with Crippen LogP contribution in [0.1, 0.15) is 19.8 Å². The Labute approximate surface area is 90.5 Å². The summed E-state index contributed by atoms with van der Waals surface area (Å²) in [5.41, 5.74) is 4.60. The van der Waals surface area contributed by atoms with Crippen molar-refractivity contribution in [3.63, 3.8) is 0 Å². The Morgan fingerprint density at radius 3 is 2.53 bits per heavy atom. The molecule has 0 aliphatic rings. The molecule has 0 rings (SSSR count). The van der Waals surface area contributed by atoms with Crippen molar-refractivity contribution in [2.24, 2.45) is 11.1 Å². The number of aliphatic carboxylic acids is 1. The van der Waals surface area contributed by atoms with Crippen LogP contribution in [0, 0.1) is 5.41 Å². The zero-order chi connectivity index (χ0) is 11.7. The maximum absolute atomic E-state index is 10.9. The normalized spacial score (nSPS) is 14.9. The smallest absolute Gasteiger partial charge is 0.310 e. The summed E-state index contributed by atoms with van der Waals surface area (Å²) in [5, 5.41) is 8.93. The molecule has 0 aliphatic carbocycles. The average molecular weight is 219 g/mol. The van der Waals surface area contributed by atoms with Crippen molar-refractivity contribution in [2.75, 3.05) is 33.5 Å². The highest BCUT2D eigenvalue weighted by Crippen LogP contribution is 2.21. The minimum absolute atomic E-state index is 0.153. The summed E-state index contributed by atoms with van der Waals surface area (Å²) < 4.78 is 10.0. The van der Waals surface area contributed by atoms with E-state index in [4.69, 9.17) is 20.3 Å². The van der Waals surface area contributed by atoms with Crippen LogP contribution in [0.3, 0.4) is 0 Å². The Morgan fingerprint density at radius 2 is 2.07 bits per heavy atom. The van der Waals surface area contributed by atoms with Crippen LogP contribution < -0.4 is 5.73 Å². The van der Waals surface area contributed by atoms with Gasteiger partial charge in [0.25, 0.3) is 0 Å². The Morgan fingerprint density at radius 1 is 1.40 bits per heavy atom. The molecule has 1 unspecified atom stereocenters. The van der Waals surface area contributed by atoms with Gasteiger partial charge in [0, 0.05) is 20.3 Å². The first-order valence-corrected chi connectivity index (χ1v) is 5.07. The van der Waals surface area contributed by atoms with E-state index < -0.39 is 11.4 Å².